The Labute approximate surface area is 122 Å². The van der Waals surface area contributed by atoms with Gasteiger partial charge in [-0.2, -0.15) is 0 Å². The molecule has 2 heterocycles. The standard InChI is InChI=1S/C14H20N2O3S/c1-10(12-7-5-9-20-12)15(2)14(19)16-8-4-3-6-11(16)13(17)18/h5,7,9-11H,3-4,6,8H2,1-2H3,(H,17,18). The van der Waals surface area contributed by atoms with E-state index in [1.807, 2.05) is 24.4 Å². The third-order valence-corrected chi connectivity index (χ3v) is 4.91. The molecule has 1 saturated heterocycles. The monoisotopic (exact) mass is 296 g/mol. The second-order valence-electron chi connectivity index (χ2n) is 5.13. The van der Waals surface area contributed by atoms with Gasteiger partial charge in [-0.1, -0.05) is 6.07 Å². The molecule has 0 saturated carbocycles. The van der Waals surface area contributed by atoms with Gasteiger partial charge >= 0.3 is 12.0 Å². The van der Waals surface area contributed by atoms with Crippen molar-refractivity contribution >= 4 is 23.3 Å². The second kappa shape index (κ2) is 6.26. The molecule has 2 rings (SSSR count). The summed E-state index contributed by atoms with van der Waals surface area (Å²) < 4.78 is 0. The minimum Gasteiger partial charge on any atom is -0.480 e. The quantitative estimate of drug-likeness (QED) is 0.933. The van der Waals surface area contributed by atoms with Gasteiger partial charge in [0.15, 0.2) is 0 Å². The number of piperidine rings is 1. The summed E-state index contributed by atoms with van der Waals surface area (Å²) in [4.78, 5) is 28.1. The fourth-order valence-electron chi connectivity index (χ4n) is 2.51. The smallest absolute Gasteiger partial charge is 0.326 e. The number of rotatable bonds is 3. The average molecular weight is 296 g/mol. The lowest BCUT2D eigenvalue weighted by Crippen LogP contribution is -2.52. The molecule has 1 N–H and O–H groups in total. The number of likely N-dealkylation sites (tertiary alicyclic amines) is 1. The van der Waals surface area contributed by atoms with Crippen LogP contribution in [0, 0.1) is 0 Å². The molecule has 110 valence electrons. The summed E-state index contributed by atoms with van der Waals surface area (Å²) in [5.41, 5.74) is 0. The van der Waals surface area contributed by atoms with E-state index in [0.29, 0.717) is 13.0 Å². The van der Waals surface area contributed by atoms with E-state index in [1.54, 1.807) is 23.3 Å². The first-order valence-electron chi connectivity index (χ1n) is 6.82. The number of hydrogen-bond acceptors (Lipinski definition) is 3. The fourth-order valence-corrected chi connectivity index (χ4v) is 3.33. The van der Waals surface area contributed by atoms with Gasteiger partial charge in [0.2, 0.25) is 0 Å². The first kappa shape index (κ1) is 14.8. The first-order valence-corrected chi connectivity index (χ1v) is 7.70. The summed E-state index contributed by atoms with van der Waals surface area (Å²) in [6.07, 6.45) is 2.28. The van der Waals surface area contributed by atoms with Crippen molar-refractivity contribution in [2.24, 2.45) is 0 Å². The third kappa shape index (κ3) is 2.95. The number of carboxylic acids is 1. The van der Waals surface area contributed by atoms with Crippen LogP contribution >= 0.6 is 11.3 Å². The molecule has 1 aliphatic heterocycles. The Morgan fingerprint density at radius 2 is 2.25 bits per heavy atom. The number of aliphatic carboxylic acids is 1. The Bertz CT molecular complexity index is 475. The maximum absolute atomic E-state index is 12.5. The van der Waals surface area contributed by atoms with E-state index in [2.05, 4.69) is 0 Å². The van der Waals surface area contributed by atoms with Crippen molar-refractivity contribution in [3.8, 4) is 0 Å². The van der Waals surface area contributed by atoms with Crippen molar-refractivity contribution in [3.05, 3.63) is 22.4 Å². The highest BCUT2D eigenvalue weighted by molar-refractivity contribution is 7.10. The molecule has 1 fully saturated rings. The average Bonchev–Trinajstić information content (AvgIpc) is 2.99. The van der Waals surface area contributed by atoms with Gasteiger partial charge in [-0.3, -0.25) is 0 Å². The Balaban J connectivity index is 2.10. The molecular formula is C14H20N2O3S. The van der Waals surface area contributed by atoms with Gasteiger partial charge in [0, 0.05) is 18.5 Å². The van der Waals surface area contributed by atoms with E-state index in [1.165, 1.54) is 4.90 Å². The zero-order chi connectivity index (χ0) is 14.7. The molecule has 20 heavy (non-hydrogen) atoms. The lowest BCUT2D eigenvalue weighted by Gasteiger charge is -2.37. The normalized spacial score (nSPS) is 20.5. The van der Waals surface area contributed by atoms with Gasteiger partial charge in [-0.25, -0.2) is 9.59 Å². The van der Waals surface area contributed by atoms with Crippen molar-refractivity contribution in [3.63, 3.8) is 0 Å². The van der Waals surface area contributed by atoms with Crippen LogP contribution in [0.3, 0.4) is 0 Å². The minimum atomic E-state index is -0.907. The molecule has 0 spiro atoms. The lowest BCUT2D eigenvalue weighted by atomic mass is 10.0. The Hall–Kier alpha value is -1.56. The number of amides is 2. The molecule has 0 aliphatic carbocycles. The molecule has 6 heteroatoms. The Kier molecular flexibility index (Phi) is 4.65. The van der Waals surface area contributed by atoms with Crippen LogP contribution in [0.2, 0.25) is 0 Å². The van der Waals surface area contributed by atoms with E-state index in [0.717, 1.165) is 17.7 Å². The second-order valence-corrected chi connectivity index (χ2v) is 6.11. The maximum Gasteiger partial charge on any atom is 0.326 e. The van der Waals surface area contributed by atoms with Gasteiger partial charge < -0.3 is 14.9 Å². The van der Waals surface area contributed by atoms with Gasteiger partial charge in [0.1, 0.15) is 6.04 Å². The largest absolute Gasteiger partial charge is 0.480 e. The van der Waals surface area contributed by atoms with Crippen LogP contribution in [0.25, 0.3) is 0 Å². The number of urea groups is 1. The van der Waals surface area contributed by atoms with E-state index in [-0.39, 0.29) is 12.1 Å². The van der Waals surface area contributed by atoms with Gasteiger partial charge in [-0.05, 0) is 37.6 Å². The van der Waals surface area contributed by atoms with Crippen LogP contribution in [0.4, 0.5) is 4.79 Å². The summed E-state index contributed by atoms with van der Waals surface area (Å²) in [5, 5.41) is 11.2. The van der Waals surface area contributed by atoms with Crippen LogP contribution < -0.4 is 0 Å². The zero-order valence-corrected chi connectivity index (χ0v) is 12.6. The topological polar surface area (TPSA) is 60.9 Å². The van der Waals surface area contributed by atoms with Gasteiger partial charge in [0.25, 0.3) is 0 Å². The molecule has 0 radical (unpaired) electrons. The number of carbonyl (C=O) groups is 2. The van der Waals surface area contributed by atoms with E-state index in [9.17, 15) is 14.7 Å². The zero-order valence-electron chi connectivity index (χ0n) is 11.8. The summed E-state index contributed by atoms with van der Waals surface area (Å²) in [5.74, 6) is -0.907. The SMILES string of the molecule is CC(c1cccs1)N(C)C(=O)N1CCCCC1C(=O)O. The Morgan fingerprint density at radius 1 is 1.50 bits per heavy atom. The van der Waals surface area contributed by atoms with Crippen molar-refractivity contribution in [2.45, 2.75) is 38.3 Å². The van der Waals surface area contributed by atoms with Crippen LogP contribution in [0.5, 0.6) is 0 Å². The van der Waals surface area contributed by atoms with Crippen LogP contribution in [-0.4, -0.2) is 46.5 Å². The minimum absolute atomic E-state index is 0.0427. The van der Waals surface area contributed by atoms with Crippen molar-refractivity contribution < 1.29 is 14.7 Å². The molecule has 0 bridgehead atoms. The summed E-state index contributed by atoms with van der Waals surface area (Å²) in [7, 11) is 1.74. The molecule has 2 amide bonds. The maximum atomic E-state index is 12.5. The lowest BCUT2D eigenvalue weighted by molar-refractivity contribution is -0.143. The molecule has 2 atom stereocenters. The fraction of sp³-hybridized carbons (Fsp3) is 0.571. The van der Waals surface area contributed by atoms with E-state index in [4.69, 9.17) is 0 Å². The third-order valence-electron chi connectivity index (χ3n) is 3.87. The van der Waals surface area contributed by atoms with E-state index >= 15 is 0 Å². The summed E-state index contributed by atoms with van der Waals surface area (Å²) >= 11 is 1.60. The number of carbonyl (C=O) groups excluding carboxylic acids is 1. The Morgan fingerprint density at radius 3 is 2.85 bits per heavy atom. The first-order chi connectivity index (χ1) is 9.52. The van der Waals surface area contributed by atoms with Crippen molar-refractivity contribution in [1.82, 2.24) is 9.80 Å². The van der Waals surface area contributed by atoms with E-state index < -0.39 is 12.0 Å². The summed E-state index contributed by atoms with van der Waals surface area (Å²) in [6.45, 7) is 2.49. The molecule has 2 unspecified atom stereocenters. The van der Waals surface area contributed by atoms with Crippen LogP contribution in [0.1, 0.15) is 37.1 Å². The highest BCUT2D eigenvalue weighted by Gasteiger charge is 2.34. The molecule has 1 aromatic rings. The molecular weight excluding hydrogens is 276 g/mol. The van der Waals surface area contributed by atoms with Crippen molar-refractivity contribution in [1.29, 1.82) is 0 Å². The molecule has 5 nitrogen and oxygen atoms in total. The number of carboxylic acid groups (broad SMARTS) is 1. The number of hydrogen-bond donors (Lipinski definition) is 1. The number of thiophene rings is 1. The predicted octanol–water partition coefficient (Wildman–Crippen LogP) is 2.80. The molecule has 1 aromatic heterocycles. The van der Waals surface area contributed by atoms with Crippen LogP contribution in [0.15, 0.2) is 17.5 Å². The van der Waals surface area contributed by atoms with Gasteiger partial charge in [-0.15, -0.1) is 11.3 Å². The van der Waals surface area contributed by atoms with Gasteiger partial charge in [0.05, 0.1) is 6.04 Å². The van der Waals surface area contributed by atoms with Crippen molar-refractivity contribution in [2.75, 3.05) is 13.6 Å². The molecule has 0 aromatic carbocycles. The summed E-state index contributed by atoms with van der Waals surface area (Å²) in [6, 6.07) is 3.02. The highest BCUT2D eigenvalue weighted by atomic mass is 32.1. The molecule has 1 aliphatic rings. The van der Waals surface area contributed by atoms with Crippen LogP contribution in [-0.2, 0) is 4.79 Å². The highest BCUT2D eigenvalue weighted by Crippen LogP contribution is 2.26. The predicted molar refractivity (Wildman–Crippen MR) is 77.9 cm³/mol. The number of nitrogens with zero attached hydrogens (tertiary/aromatic N) is 2.